The number of nitrogens with one attached hydrogen (secondary N) is 2. The van der Waals surface area contributed by atoms with Crippen LogP contribution in [0.15, 0.2) is 47.6 Å². The van der Waals surface area contributed by atoms with Gasteiger partial charge in [0.05, 0.1) is 6.54 Å². The zero-order valence-electron chi connectivity index (χ0n) is 17.8. The number of aliphatic imine (C=N–C) groups is 1. The molecule has 1 saturated heterocycles. The first kappa shape index (κ1) is 24.3. The molecule has 2 aromatic rings. The molecule has 0 saturated carbocycles. The highest BCUT2D eigenvalue weighted by molar-refractivity contribution is 14.0. The third kappa shape index (κ3) is 7.71. The number of guanidine groups is 1. The van der Waals surface area contributed by atoms with Crippen LogP contribution in [0.5, 0.6) is 0 Å². The number of nitrogens with zero attached hydrogens (tertiary/aromatic N) is 4. The number of hydrogen-bond donors (Lipinski definition) is 2. The molecule has 0 radical (unpaired) electrons. The Hall–Kier alpha value is -1.94. The number of pyridine rings is 1. The highest BCUT2D eigenvalue weighted by Gasteiger charge is 2.14. The molecule has 2 heterocycles. The second-order valence-corrected chi connectivity index (χ2v) is 7.31. The standard InChI is InChI=1S/C22H31FN6.HI/c1-3-24-22(25-11-10-18-4-7-20(23)8-5-18)27-17-19-6-9-21(26-16-19)29-14-12-28(2)13-15-29;/h4-9,16H,3,10-15,17H2,1-2H3,(H2,24,25,27);1H. The molecule has 2 N–H and O–H groups in total. The lowest BCUT2D eigenvalue weighted by Gasteiger charge is -2.33. The summed E-state index contributed by atoms with van der Waals surface area (Å²) in [7, 11) is 2.15. The molecule has 6 nitrogen and oxygen atoms in total. The Kier molecular flexibility index (Phi) is 10.3. The molecule has 164 valence electrons. The van der Waals surface area contributed by atoms with Crippen molar-refractivity contribution in [2.75, 3.05) is 51.2 Å². The first-order chi connectivity index (χ1) is 14.1. The number of likely N-dealkylation sites (N-methyl/N-ethyl adjacent to an activating group) is 1. The van der Waals surface area contributed by atoms with Gasteiger partial charge in [0, 0.05) is 45.5 Å². The van der Waals surface area contributed by atoms with Crippen LogP contribution in [0.25, 0.3) is 0 Å². The molecule has 1 aliphatic heterocycles. The normalized spacial score (nSPS) is 14.9. The van der Waals surface area contributed by atoms with Crippen LogP contribution in [0.3, 0.4) is 0 Å². The third-order valence-electron chi connectivity index (χ3n) is 5.02. The van der Waals surface area contributed by atoms with E-state index in [1.807, 2.05) is 25.3 Å². The predicted molar refractivity (Wildman–Crippen MR) is 132 cm³/mol. The average molecular weight is 526 g/mol. The van der Waals surface area contributed by atoms with Gasteiger partial charge in [0.15, 0.2) is 5.96 Å². The van der Waals surface area contributed by atoms with Crippen LogP contribution < -0.4 is 15.5 Å². The van der Waals surface area contributed by atoms with Gasteiger partial charge in [-0.2, -0.15) is 0 Å². The van der Waals surface area contributed by atoms with Gasteiger partial charge in [-0.15, -0.1) is 24.0 Å². The SMILES string of the molecule is CCNC(=NCc1ccc(N2CCN(C)CC2)nc1)NCCc1ccc(F)cc1.I. The Balaban J connectivity index is 0.00000320. The first-order valence-corrected chi connectivity index (χ1v) is 10.3. The van der Waals surface area contributed by atoms with Crippen molar-refractivity contribution in [3.63, 3.8) is 0 Å². The molecule has 1 aliphatic rings. The number of halogens is 2. The monoisotopic (exact) mass is 526 g/mol. The zero-order valence-corrected chi connectivity index (χ0v) is 20.1. The summed E-state index contributed by atoms with van der Waals surface area (Å²) in [5.74, 6) is 1.61. The highest BCUT2D eigenvalue weighted by Crippen LogP contribution is 2.14. The lowest BCUT2D eigenvalue weighted by Crippen LogP contribution is -2.44. The Labute approximate surface area is 196 Å². The number of piperazine rings is 1. The molecule has 1 aromatic carbocycles. The Morgan fingerprint density at radius 3 is 2.37 bits per heavy atom. The maximum Gasteiger partial charge on any atom is 0.191 e. The van der Waals surface area contributed by atoms with Gasteiger partial charge in [-0.3, -0.25) is 0 Å². The maximum atomic E-state index is 13.0. The van der Waals surface area contributed by atoms with Crippen molar-refractivity contribution in [1.29, 1.82) is 0 Å². The minimum Gasteiger partial charge on any atom is -0.357 e. The van der Waals surface area contributed by atoms with E-state index in [1.165, 1.54) is 12.1 Å². The minimum atomic E-state index is -0.205. The largest absolute Gasteiger partial charge is 0.357 e. The molecule has 0 aliphatic carbocycles. The molecule has 0 spiro atoms. The number of benzene rings is 1. The van der Waals surface area contributed by atoms with Crippen LogP contribution in [-0.4, -0.2) is 62.2 Å². The van der Waals surface area contributed by atoms with Crippen LogP contribution >= 0.6 is 24.0 Å². The maximum absolute atomic E-state index is 13.0. The van der Waals surface area contributed by atoms with Crippen molar-refractivity contribution >= 4 is 35.8 Å². The summed E-state index contributed by atoms with van der Waals surface area (Å²) in [6.45, 7) is 8.33. The summed E-state index contributed by atoms with van der Waals surface area (Å²) in [6.07, 6.45) is 2.73. The zero-order chi connectivity index (χ0) is 20.5. The fraction of sp³-hybridized carbons (Fsp3) is 0.455. The summed E-state index contributed by atoms with van der Waals surface area (Å²) in [5, 5.41) is 6.59. The summed E-state index contributed by atoms with van der Waals surface area (Å²) in [4.78, 5) is 13.9. The van der Waals surface area contributed by atoms with E-state index in [2.05, 4.69) is 49.6 Å². The van der Waals surface area contributed by atoms with Gasteiger partial charge in [0.2, 0.25) is 0 Å². The van der Waals surface area contributed by atoms with E-state index < -0.39 is 0 Å². The van der Waals surface area contributed by atoms with Crippen molar-refractivity contribution in [2.24, 2.45) is 4.99 Å². The van der Waals surface area contributed by atoms with Gasteiger partial charge in [0.1, 0.15) is 11.6 Å². The van der Waals surface area contributed by atoms with E-state index in [0.717, 1.165) is 68.6 Å². The molecular weight excluding hydrogens is 494 g/mol. The Morgan fingerprint density at radius 1 is 1.03 bits per heavy atom. The van der Waals surface area contributed by atoms with Gasteiger partial charge in [-0.05, 0) is 49.7 Å². The van der Waals surface area contributed by atoms with Crippen molar-refractivity contribution in [3.05, 3.63) is 59.5 Å². The summed E-state index contributed by atoms with van der Waals surface area (Å²) < 4.78 is 13.0. The topological polar surface area (TPSA) is 55.8 Å². The molecule has 8 heteroatoms. The van der Waals surface area contributed by atoms with Crippen LogP contribution in [-0.2, 0) is 13.0 Å². The van der Waals surface area contributed by atoms with Crippen LogP contribution in [0.1, 0.15) is 18.1 Å². The Morgan fingerprint density at radius 2 is 1.73 bits per heavy atom. The summed E-state index contributed by atoms with van der Waals surface area (Å²) >= 11 is 0. The highest BCUT2D eigenvalue weighted by atomic mass is 127. The van der Waals surface area contributed by atoms with Gasteiger partial charge in [-0.25, -0.2) is 14.4 Å². The molecule has 1 fully saturated rings. The molecule has 0 amide bonds. The van der Waals surface area contributed by atoms with Gasteiger partial charge >= 0.3 is 0 Å². The van der Waals surface area contributed by atoms with Gasteiger partial charge < -0.3 is 20.4 Å². The molecule has 3 rings (SSSR count). The first-order valence-electron chi connectivity index (χ1n) is 10.3. The Bertz CT molecular complexity index is 773. The third-order valence-corrected chi connectivity index (χ3v) is 5.02. The summed E-state index contributed by atoms with van der Waals surface area (Å²) in [5.41, 5.74) is 2.18. The van der Waals surface area contributed by atoms with Gasteiger partial charge in [-0.1, -0.05) is 18.2 Å². The van der Waals surface area contributed by atoms with Crippen LogP contribution in [0, 0.1) is 5.82 Å². The van der Waals surface area contributed by atoms with Gasteiger partial charge in [0.25, 0.3) is 0 Å². The predicted octanol–water partition coefficient (Wildman–Crippen LogP) is 2.89. The average Bonchev–Trinajstić information content (AvgIpc) is 2.74. The van der Waals surface area contributed by atoms with E-state index in [1.54, 1.807) is 0 Å². The van der Waals surface area contributed by atoms with Crippen molar-refractivity contribution in [2.45, 2.75) is 19.9 Å². The number of aromatic nitrogens is 1. The number of rotatable bonds is 7. The second-order valence-electron chi connectivity index (χ2n) is 7.31. The fourth-order valence-electron chi connectivity index (χ4n) is 3.22. The number of hydrogen-bond acceptors (Lipinski definition) is 4. The fourth-order valence-corrected chi connectivity index (χ4v) is 3.22. The second kappa shape index (κ2) is 12.7. The molecule has 30 heavy (non-hydrogen) atoms. The van der Waals surface area contributed by atoms with E-state index in [0.29, 0.717) is 6.54 Å². The van der Waals surface area contributed by atoms with Crippen molar-refractivity contribution in [1.82, 2.24) is 20.5 Å². The van der Waals surface area contributed by atoms with Crippen molar-refractivity contribution in [3.8, 4) is 0 Å². The van der Waals surface area contributed by atoms with E-state index >= 15 is 0 Å². The summed E-state index contributed by atoms with van der Waals surface area (Å²) in [6, 6.07) is 10.8. The molecule has 0 atom stereocenters. The lowest BCUT2D eigenvalue weighted by atomic mass is 10.1. The van der Waals surface area contributed by atoms with E-state index in [4.69, 9.17) is 0 Å². The molecule has 0 bridgehead atoms. The molecular formula is C22H32FIN6. The van der Waals surface area contributed by atoms with Crippen molar-refractivity contribution < 1.29 is 4.39 Å². The number of anilines is 1. The van der Waals surface area contributed by atoms with E-state index in [9.17, 15) is 4.39 Å². The minimum absolute atomic E-state index is 0. The quantitative estimate of drug-likeness (QED) is 0.330. The lowest BCUT2D eigenvalue weighted by molar-refractivity contribution is 0.312. The van der Waals surface area contributed by atoms with Crippen LogP contribution in [0.2, 0.25) is 0 Å². The molecule has 0 unspecified atom stereocenters. The smallest absolute Gasteiger partial charge is 0.191 e. The molecule has 1 aromatic heterocycles. The van der Waals surface area contributed by atoms with Crippen LogP contribution in [0.4, 0.5) is 10.2 Å². The van der Waals surface area contributed by atoms with E-state index in [-0.39, 0.29) is 29.8 Å².